The molecule has 2 atom stereocenters. The minimum Gasteiger partial charge on any atom is -0.464 e. The van der Waals surface area contributed by atoms with E-state index in [1.807, 2.05) is 20.8 Å². The summed E-state index contributed by atoms with van der Waals surface area (Å²) in [4.78, 5) is 26.2. The summed E-state index contributed by atoms with van der Waals surface area (Å²) in [7, 11) is 0. The summed E-state index contributed by atoms with van der Waals surface area (Å²) in [5.41, 5.74) is -0.695. The highest BCUT2D eigenvalue weighted by Gasteiger charge is 2.47. The molecule has 1 unspecified atom stereocenters. The predicted molar refractivity (Wildman–Crippen MR) is 81.0 cm³/mol. The fourth-order valence-corrected chi connectivity index (χ4v) is 2.70. The zero-order valence-electron chi connectivity index (χ0n) is 14.4. The molecule has 1 saturated heterocycles. The molecule has 122 valence electrons. The molecule has 0 aromatic rings. The van der Waals surface area contributed by atoms with Crippen LogP contribution in [-0.4, -0.2) is 41.3 Å². The van der Waals surface area contributed by atoms with Gasteiger partial charge >= 0.3 is 12.1 Å². The molecule has 0 aromatic heterocycles. The van der Waals surface area contributed by atoms with Gasteiger partial charge in [-0.1, -0.05) is 20.8 Å². The largest absolute Gasteiger partial charge is 0.464 e. The molecular weight excluding hydrogens is 270 g/mol. The number of nitrogens with zero attached hydrogens (tertiary/aromatic N) is 1. The van der Waals surface area contributed by atoms with Crippen LogP contribution < -0.4 is 0 Å². The van der Waals surface area contributed by atoms with E-state index < -0.39 is 17.7 Å². The molecule has 0 saturated carbocycles. The number of amides is 1. The Balaban J connectivity index is 3.01. The molecule has 0 N–H and O–H groups in total. The first-order chi connectivity index (χ1) is 9.47. The summed E-state index contributed by atoms with van der Waals surface area (Å²) < 4.78 is 10.6. The Labute approximate surface area is 128 Å². The fraction of sp³-hybridized carbons (Fsp3) is 0.875. The van der Waals surface area contributed by atoms with Crippen LogP contribution in [-0.2, 0) is 14.3 Å². The van der Waals surface area contributed by atoms with Crippen molar-refractivity contribution in [3.8, 4) is 0 Å². The van der Waals surface area contributed by atoms with E-state index in [4.69, 9.17) is 9.47 Å². The third-order valence-corrected chi connectivity index (χ3v) is 3.55. The van der Waals surface area contributed by atoms with Gasteiger partial charge in [-0.2, -0.15) is 0 Å². The first kappa shape index (κ1) is 17.8. The van der Waals surface area contributed by atoms with Crippen molar-refractivity contribution in [1.29, 1.82) is 0 Å². The maximum Gasteiger partial charge on any atom is 0.411 e. The summed E-state index contributed by atoms with van der Waals surface area (Å²) in [5.74, 6) is -0.338. The second-order valence-corrected chi connectivity index (χ2v) is 7.61. The van der Waals surface area contributed by atoms with E-state index in [0.717, 1.165) is 6.42 Å². The number of likely N-dealkylation sites (tertiary alicyclic amines) is 1. The van der Waals surface area contributed by atoms with E-state index in [1.165, 1.54) is 0 Å². The van der Waals surface area contributed by atoms with Crippen molar-refractivity contribution in [2.24, 2.45) is 5.41 Å². The SMILES string of the molecule is CCOC(=O)[C@@H]1CCC(C(C)(C)C)N1C(=O)OC(C)(C)C. The Bertz CT molecular complexity index is 392. The maximum atomic E-state index is 12.5. The van der Waals surface area contributed by atoms with Gasteiger partial charge in [-0.25, -0.2) is 9.59 Å². The molecule has 5 heteroatoms. The summed E-state index contributed by atoms with van der Waals surface area (Å²) in [6, 6.07) is -0.564. The van der Waals surface area contributed by atoms with Crippen LogP contribution in [0.1, 0.15) is 61.3 Å². The highest BCUT2D eigenvalue weighted by Crippen LogP contribution is 2.37. The summed E-state index contributed by atoms with van der Waals surface area (Å²) in [6.45, 7) is 13.8. The summed E-state index contributed by atoms with van der Waals surface area (Å²) in [6.07, 6.45) is 0.977. The van der Waals surface area contributed by atoms with Crippen molar-refractivity contribution in [2.75, 3.05) is 6.61 Å². The second-order valence-electron chi connectivity index (χ2n) is 7.61. The number of hydrogen-bond acceptors (Lipinski definition) is 4. The van der Waals surface area contributed by atoms with Crippen molar-refractivity contribution in [3.05, 3.63) is 0 Å². The van der Waals surface area contributed by atoms with Crippen molar-refractivity contribution >= 4 is 12.1 Å². The number of rotatable bonds is 2. The Hall–Kier alpha value is -1.26. The third kappa shape index (κ3) is 4.61. The van der Waals surface area contributed by atoms with Gasteiger partial charge in [0.15, 0.2) is 0 Å². The van der Waals surface area contributed by atoms with Gasteiger partial charge in [0.25, 0.3) is 0 Å². The van der Waals surface area contributed by atoms with E-state index in [-0.39, 0.29) is 17.4 Å². The predicted octanol–water partition coefficient (Wildman–Crippen LogP) is 3.36. The van der Waals surface area contributed by atoms with Crippen LogP contribution in [0, 0.1) is 5.41 Å². The van der Waals surface area contributed by atoms with Gasteiger partial charge in [0, 0.05) is 6.04 Å². The van der Waals surface area contributed by atoms with Gasteiger partial charge in [-0.3, -0.25) is 4.90 Å². The molecule has 0 aromatic carbocycles. The van der Waals surface area contributed by atoms with Gasteiger partial charge in [0.1, 0.15) is 11.6 Å². The lowest BCUT2D eigenvalue weighted by Crippen LogP contribution is -2.51. The molecule has 5 nitrogen and oxygen atoms in total. The number of hydrogen-bond donors (Lipinski definition) is 0. The molecular formula is C16H29NO4. The first-order valence-electron chi connectivity index (χ1n) is 7.65. The van der Waals surface area contributed by atoms with Gasteiger partial charge in [0.2, 0.25) is 0 Å². The highest BCUT2D eigenvalue weighted by atomic mass is 16.6. The van der Waals surface area contributed by atoms with Crippen LogP contribution >= 0.6 is 0 Å². The molecule has 0 bridgehead atoms. The van der Waals surface area contributed by atoms with E-state index in [1.54, 1.807) is 11.8 Å². The quantitative estimate of drug-likeness (QED) is 0.734. The highest BCUT2D eigenvalue weighted by molar-refractivity contribution is 5.82. The summed E-state index contributed by atoms with van der Waals surface area (Å²) in [5, 5.41) is 0. The normalized spacial score (nSPS) is 23.1. The monoisotopic (exact) mass is 299 g/mol. The third-order valence-electron chi connectivity index (χ3n) is 3.55. The van der Waals surface area contributed by atoms with Crippen molar-refractivity contribution < 1.29 is 19.1 Å². The van der Waals surface area contributed by atoms with Crippen molar-refractivity contribution in [3.63, 3.8) is 0 Å². The molecule has 1 aliphatic rings. The van der Waals surface area contributed by atoms with Gasteiger partial charge in [-0.05, 0) is 46.0 Å². The standard InChI is InChI=1S/C16H29NO4/c1-8-20-13(18)11-9-10-12(15(2,3)4)17(11)14(19)21-16(5,6)7/h11-12H,8-10H2,1-7H3/t11-,12?/m0/s1. The molecule has 0 aliphatic carbocycles. The molecule has 0 radical (unpaired) electrons. The van der Waals surface area contributed by atoms with Crippen LogP contribution in [0.2, 0.25) is 0 Å². The van der Waals surface area contributed by atoms with Gasteiger partial charge in [0.05, 0.1) is 6.61 Å². The number of carbonyl (C=O) groups is 2. The Kier molecular flexibility index (Phi) is 5.29. The molecule has 1 heterocycles. The summed E-state index contributed by atoms with van der Waals surface area (Å²) >= 11 is 0. The van der Waals surface area contributed by atoms with Crippen LogP contribution in [0.25, 0.3) is 0 Å². The minimum atomic E-state index is -0.582. The van der Waals surface area contributed by atoms with Crippen molar-refractivity contribution in [1.82, 2.24) is 4.90 Å². The zero-order valence-corrected chi connectivity index (χ0v) is 14.4. The Morgan fingerprint density at radius 2 is 1.67 bits per heavy atom. The van der Waals surface area contributed by atoms with Crippen molar-refractivity contribution in [2.45, 2.75) is 79.0 Å². The smallest absolute Gasteiger partial charge is 0.411 e. The Morgan fingerprint density at radius 1 is 1.10 bits per heavy atom. The molecule has 21 heavy (non-hydrogen) atoms. The lowest BCUT2D eigenvalue weighted by molar-refractivity contribution is -0.149. The number of carbonyl (C=O) groups excluding carboxylic acids is 2. The number of esters is 1. The second kappa shape index (κ2) is 6.24. The van der Waals surface area contributed by atoms with E-state index >= 15 is 0 Å². The fourth-order valence-electron chi connectivity index (χ4n) is 2.70. The van der Waals surface area contributed by atoms with Crippen LogP contribution in [0.3, 0.4) is 0 Å². The molecule has 1 aliphatic heterocycles. The molecule has 1 amide bonds. The molecule has 0 spiro atoms. The van der Waals surface area contributed by atoms with Gasteiger partial charge < -0.3 is 9.47 Å². The topological polar surface area (TPSA) is 55.8 Å². The molecule has 1 rings (SSSR count). The van der Waals surface area contributed by atoms with Crippen LogP contribution in [0.4, 0.5) is 4.79 Å². The van der Waals surface area contributed by atoms with Gasteiger partial charge in [-0.15, -0.1) is 0 Å². The van der Waals surface area contributed by atoms with E-state index in [2.05, 4.69) is 20.8 Å². The lowest BCUT2D eigenvalue weighted by atomic mass is 9.85. The van der Waals surface area contributed by atoms with Crippen LogP contribution in [0.5, 0.6) is 0 Å². The van der Waals surface area contributed by atoms with E-state index in [9.17, 15) is 9.59 Å². The minimum absolute atomic E-state index is 0.0262. The lowest BCUT2D eigenvalue weighted by Gasteiger charge is -2.37. The zero-order chi connectivity index (χ0) is 16.4. The average molecular weight is 299 g/mol. The van der Waals surface area contributed by atoms with Crippen LogP contribution in [0.15, 0.2) is 0 Å². The maximum absolute atomic E-state index is 12.5. The average Bonchev–Trinajstić information content (AvgIpc) is 2.70. The molecule has 1 fully saturated rings. The first-order valence-corrected chi connectivity index (χ1v) is 7.65. The Morgan fingerprint density at radius 3 is 2.10 bits per heavy atom. The van der Waals surface area contributed by atoms with E-state index in [0.29, 0.717) is 13.0 Å². The number of ether oxygens (including phenoxy) is 2.